The molecule has 0 heterocycles. The fourth-order valence-electron chi connectivity index (χ4n) is 1.80. The summed E-state index contributed by atoms with van der Waals surface area (Å²) >= 11 is 3.44. The molecule has 0 unspecified atom stereocenters. The summed E-state index contributed by atoms with van der Waals surface area (Å²) in [4.78, 5) is 12.3. The molecule has 19 heavy (non-hydrogen) atoms. The first kappa shape index (κ1) is 16.2. The van der Waals surface area contributed by atoms with Crippen LogP contribution in [0.5, 0.6) is 0 Å². The van der Waals surface area contributed by atoms with Crippen LogP contribution in [0.25, 0.3) is 0 Å². The van der Waals surface area contributed by atoms with E-state index in [0.717, 1.165) is 29.5 Å². The number of hydrogen-bond acceptors (Lipinski definition) is 2. The van der Waals surface area contributed by atoms with E-state index in [4.69, 9.17) is 0 Å². The van der Waals surface area contributed by atoms with Crippen molar-refractivity contribution in [2.45, 2.75) is 32.6 Å². The minimum Gasteiger partial charge on any atom is -0.354 e. The SMILES string of the molecule is CCCNCCNC(=O)C(C)(C)c1cccc(Br)c1. The minimum atomic E-state index is -0.519. The molecule has 0 bridgehead atoms. The lowest BCUT2D eigenvalue weighted by Gasteiger charge is -2.24. The highest BCUT2D eigenvalue weighted by Crippen LogP contribution is 2.25. The van der Waals surface area contributed by atoms with Crippen molar-refractivity contribution in [3.8, 4) is 0 Å². The summed E-state index contributed by atoms with van der Waals surface area (Å²) in [5.41, 5.74) is 0.495. The van der Waals surface area contributed by atoms with Crippen LogP contribution in [0.4, 0.5) is 0 Å². The molecule has 0 saturated carbocycles. The van der Waals surface area contributed by atoms with E-state index in [2.05, 4.69) is 33.5 Å². The van der Waals surface area contributed by atoms with E-state index >= 15 is 0 Å². The predicted octanol–water partition coefficient (Wildman–Crippen LogP) is 2.84. The second-order valence-corrected chi connectivity index (χ2v) is 6.06. The van der Waals surface area contributed by atoms with Crippen molar-refractivity contribution in [2.75, 3.05) is 19.6 Å². The molecule has 0 aromatic heterocycles. The molecule has 0 spiro atoms. The topological polar surface area (TPSA) is 41.1 Å². The van der Waals surface area contributed by atoms with Crippen LogP contribution >= 0.6 is 15.9 Å². The lowest BCUT2D eigenvalue weighted by atomic mass is 9.84. The zero-order valence-electron chi connectivity index (χ0n) is 11.9. The second kappa shape index (κ2) is 7.65. The van der Waals surface area contributed by atoms with Gasteiger partial charge in [-0.15, -0.1) is 0 Å². The average molecular weight is 327 g/mol. The number of hydrogen-bond donors (Lipinski definition) is 2. The summed E-state index contributed by atoms with van der Waals surface area (Å²) < 4.78 is 0.996. The number of carbonyl (C=O) groups excluding carboxylic acids is 1. The van der Waals surface area contributed by atoms with Crippen molar-refractivity contribution in [3.05, 3.63) is 34.3 Å². The third-order valence-electron chi connectivity index (χ3n) is 3.13. The van der Waals surface area contributed by atoms with Gasteiger partial charge in [0.2, 0.25) is 5.91 Å². The van der Waals surface area contributed by atoms with Gasteiger partial charge in [0.1, 0.15) is 0 Å². The summed E-state index contributed by atoms with van der Waals surface area (Å²) in [7, 11) is 0. The smallest absolute Gasteiger partial charge is 0.230 e. The maximum Gasteiger partial charge on any atom is 0.230 e. The van der Waals surface area contributed by atoms with Crippen molar-refractivity contribution in [2.24, 2.45) is 0 Å². The van der Waals surface area contributed by atoms with Crippen molar-refractivity contribution in [1.82, 2.24) is 10.6 Å². The molecule has 4 heteroatoms. The normalized spacial score (nSPS) is 11.4. The molecule has 0 fully saturated rings. The van der Waals surface area contributed by atoms with Crippen LogP contribution in [0.1, 0.15) is 32.8 Å². The van der Waals surface area contributed by atoms with Gasteiger partial charge in [0, 0.05) is 17.6 Å². The Morgan fingerprint density at radius 1 is 1.26 bits per heavy atom. The molecule has 2 N–H and O–H groups in total. The van der Waals surface area contributed by atoms with Gasteiger partial charge in [0.05, 0.1) is 5.41 Å². The zero-order chi connectivity index (χ0) is 14.3. The number of amides is 1. The van der Waals surface area contributed by atoms with Crippen LogP contribution in [-0.4, -0.2) is 25.5 Å². The summed E-state index contributed by atoms with van der Waals surface area (Å²) in [6.07, 6.45) is 1.11. The van der Waals surface area contributed by atoms with E-state index in [-0.39, 0.29) is 5.91 Å². The Hall–Kier alpha value is -0.870. The molecule has 0 aliphatic rings. The van der Waals surface area contributed by atoms with Gasteiger partial charge in [0.15, 0.2) is 0 Å². The van der Waals surface area contributed by atoms with Crippen LogP contribution in [-0.2, 0) is 10.2 Å². The standard InChI is InChI=1S/C15H23BrN2O/c1-4-8-17-9-10-18-14(19)15(2,3)12-6-5-7-13(16)11-12/h5-7,11,17H,4,8-10H2,1-3H3,(H,18,19). The molecule has 1 aromatic carbocycles. The number of nitrogens with one attached hydrogen (secondary N) is 2. The van der Waals surface area contributed by atoms with Crippen molar-refractivity contribution < 1.29 is 4.79 Å². The summed E-state index contributed by atoms with van der Waals surface area (Å²) in [6.45, 7) is 8.49. The second-order valence-electron chi connectivity index (χ2n) is 5.14. The average Bonchev–Trinajstić information content (AvgIpc) is 2.38. The van der Waals surface area contributed by atoms with E-state index in [1.165, 1.54) is 0 Å². The molecule has 1 rings (SSSR count). The summed E-state index contributed by atoms with van der Waals surface area (Å²) in [6, 6.07) is 7.90. The first-order valence-corrected chi connectivity index (χ1v) is 7.53. The highest BCUT2D eigenvalue weighted by Gasteiger charge is 2.29. The van der Waals surface area contributed by atoms with Gasteiger partial charge < -0.3 is 10.6 Å². The van der Waals surface area contributed by atoms with Crippen LogP contribution < -0.4 is 10.6 Å². The van der Waals surface area contributed by atoms with Gasteiger partial charge in [-0.25, -0.2) is 0 Å². The maximum absolute atomic E-state index is 12.3. The summed E-state index contributed by atoms with van der Waals surface area (Å²) in [5, 5.41) is 6.25. The third kappa shape index (κ3) is 4.96. The minimum absolute atomic E-state index is 0.0592. The molecule has 0 radical (unpaired) electrons. The predicted molar refractivity (Wildman–Crippen MR) is 83.3 cm³/mol. The highest BCUT2D eigenvalue weighted by molar-refractivity contribution is 9.10. The van der Waals surface area contributed by atoms with E-state index in [1.54, 1.807) is 0 Å². The third-order valence-corrected chi connectivity index (χ3v) is 3.62. The van der Waals surface area contributed by atoms with Gasteiger partial charge >= 0.3 is 0 Å². The van der Waals surface area contributed by atoms with Crippen molar-refractivity contribution in [1.29, 1.82) is 0 Å². The van der Waals surface area contributed by atoms with E-state index in [1.807, 2.05) is 38.1 Å². The number of halogens is 1. The molecular formula is C15H23BrN2O. The van der Waals surface area contributed by atoms with E-state index in [9.17, 15) is 4.79 Å². The molecule has 1 amide bonds. The van der Waals surface area contributed by atoms with Crippen LogP contribution in [0.3, 0.4) is 0 Å². The molecule has 0 atom stereocenters. The monoisotopic (exact) mass is 326 g/mol. The lowest BCUT2D eigenvalue weighted by Crippen LogP contribution is -2.42. The van der Waals surface area contributed by atoms with Gasteiger partial charge in [-0.2, -0.15) is 0 Å². The fourth-order valence-corrected chi connectivity index (χ4v) is 2.19. The van der Waals surface area contributed by atoms with Gasteiger partial charge in [-0.3, -0.25) is 4.79 Å². The molecule has 3 nitrogen and oxygen atoms in total. The zero-order valence-corrected chi connectivity index (χ0v) is 13.5. The van der Waals surface area contributed by atoms with E-state index < -0.39 is 5.41 Å². The highest BCUT2D eigenvalue weighted by atomic mass is 79.9. The molecule has 0 aliphatic carbocycles. The Bertz CT molecular complexity index is 418. The van der Waals surface area contributed by atoms with Crippen LogP contribution in [0.2, 0.25) is 0 Å². The Labute approximate surface area is 124 Å². The van der Waals surface area contributed by atoms with Gasteiger partial charge in [-0.05, 0) is 44.5 Å². The Balaban J connectivity index is 2.54. The Kier molecular flexibility index (Phi) is 6.52. The van der Waals surface area contributed by atoms with E-state index in [0.29, 0.717) is 6.54 Å². The molecule has 0 saturated heterocycles. The first-order valence-electron chi connectivity index (χ1n) is 6.73. The number of rotatable bonds is 7. The van der Waals surface area contributed by atoms with Crippen LogP contribution in [0, 0.1) is 0 Å². The molecule has 0 aliphatic heterocycles. The quantitative estimate of drug-likeness (QED) is 0.756. The summed E-state index contributed by atoms with van der Waals surface area (Å²) in [5.74, 6) is 0.0592. The molecule has 106 valence electrons. The molecular weight excluding hydrogens is 304 g/mol. The fraction of sp³-hybridized carbons (Fsp3) is 0.533. The van der Waals surface area contributed by atoms with Gasteiger partial charge in [-0.1, -0.05) is 35.0 Å². The van der Waals surface area contributed by atoms with Crippen molar-refractivity contribution in [3.63, 3.8) is 0 Å². The van der Waals surface area contributed by atoms with Crippen molar-refractivity contribution >= 4 is 21.8 Å². The number of benzene rings is 1. The van der Waals surface area contributed by atoms with Crippen LogP contribution in [0.15, 0.2) is 28.7 Å². The largest absolute Gasteiger partial charge is 0.354 e. The Morgan fingerprint density at radius 2 is 2.00 bits per heavy atom. The molecule has 1 aromatic rings. The first-order chi connectivity index (χ1) is 8.98. The maximum atomic E-state index is 12.3. The lowest BCUT2D eigenvalue weighted by molar-refractivity contribution is -0.125. The van der Waals surface area contributed by atoms with Gasteiger partial charge in [0.25, 0.3) is 0 Å². The number of carbonyl (C=O) groups is 1. The Morgan fingerprint density at radius 3 is 2.63 bits per heavy atom.